The van der Waals surface area contributed by atoms with E-state index in [0.717, 1.165) is 41.3 Å². The number of rotatable bonds is 5. The monoisotopic (exact) mass is 345 g/mol. The van der Waals surface area contributed by atoms with Gasteiger partial charge in [-0.1, -0.05) is 6.92 Å². The van der Waals surface area contributed by atoms with E-state index in [-0.39, 0.29) is 16.8 Å². The summed E-state index contributed by atoms with van der Waals surface area (Å²) in [6.07, 6.45) is 8.70. The fourth-order valence-corrected chi connectivity index (χ4v) is 6.13. The molecule has 0 aromatic carbocycles. The largest absolute Gasteiger partial charge is 0.346 e. The molecule has 7 nitrogen and oxygen atoms in total. The van der Waals surface area contributed by atoms with Gasteiger partial charge in [-0.3, -0.25) is 0 Å². The van der Waals surface area contributed by atoms with Crippen LogP contribution in [0.5, 0.6) is 0 Å². The molecule has 3 heterocycles. The molecule has 0 spiro atoms. The van der Waals surface area contributed by atoms with Gasteiger partial charge in [-0.25, -0.2) is 23.1 Å². The second kappa shape index (κ2) is 4.37. The molecule has 0 saturated heterocycles. The highest BCUT2D eigenvalue weighted by Gasteiger charge is 2.70. The van der Waals surface area contributed by atoms with Gasteiger partial charge in [0.2, 0.25) is 10.0 Å². The minimum Gasteiger partial charge on any atom is -0.346 e. The van der Waals surface area contributed by atoms with Gasteiger partial charge in [-0.2, -0.15) is 0 Å². The Balaban J connectivity index is 1.49. The predicted molar refractivity (Wildman–Crippen MR) is 91.2 cm³/mol. The van der Waals surface area contributed by atoms with Crippen molar-refractivity contribution in [2.45, 2.75) is 43.7 Å². The minimum absolute atomic E-state index is 0.00492. The van der Waals surface area contributed by atoms with E-state index in [1.54, 1.807) is 6.20 Å². The minimum atomic E-state index is -3.17. The molecular weight excluding hydrogens is 326 g/mol. The third kappa shape index (κ3) is 1.78. The number of pyridine rings is 1. The summed E-state index contributed by atoms with van der Waals surface area (Å²) in [5.41, 5.74) is 2.58. The van der Waals surface area contributed by atoms with E-state index in [0.29, 0.717) is 6.42 Å². The van der Waals surface area contributed by atoms with Gasteiger partial charge in [0.15, 0.2) is 0 Å². The molecule has 2 bridgehead atoms. The highest BCUT2D eigenvalue weighted by Crippen LogP contribution is 2.66. The maximum atomic E-state index is 12.1. The first kappa shape index (κ1) is 14.4. The SMILES string of the molecule is CCCS(=O)(=O)NC12CC(n3cnc4cnc5[nH]ccc5c43)(C1)C2. The lowest BCUT2D eigenvalue weighted by atomic mass is 9.44. The molecule has 3 aromatic rings. The number of nitrogens with one attached hydrogen (secondary N) is 2. The van der Waals surface area contributed by atoms with Crippen LogP contribution in [0.25, 0.3) is 22.1 Å². The van der Waals surface area contributed by atoms with Crippen molar-refractivity contribution in [3.05, 3.63) is 24.8 Å². The summed E-state index contributed by atoms with van der Waals surface area (Å²) in [5, 5.41) is 1.07. The van der Waals surface area contributed by atoms with E-state index in [9.17, 15) is 8.42 Å². The van der Waals surface area contributed by atoms with Crippen LogP contribution in [0.2, 0.25) is 0 Å². The zero-order chi connectivity index (χ0) is 16.6. The Morgan fingerprint density at radius 3 is 2.88 bits per heavy atom. The summed E-state index contributed by atoms with van der Waals surface area (Å²) in [7, 11) is -3.17. The Labute approximate surface area is 139 Å². The van der Waals surface area contributed by atoms with Gasteiger partial charge < -0.3 is 9.55 Å². The van der Waals surface area contributed by atoms with Crippen LogP contribution >= 0.6 is 0 Å². The maximum Gasteiger partial charge on any atom is 0.212 e. The van der Waals surface area contributed by atoms with Crippen LogP contribution in [-0.2, 0) is 15.6 Å². The molecule has 6 rings (SSSR count). The summed E-state index contributed by atoms with van der Waals surface area (Å²) in [6, 6.07) is 2.02. The molecule has 3 aliphatic rings. The fourth-order valence-electron chi connectivity index (χ4n) is 4.62. The molecule has 3 saturated carbocycles. The Morgan fingerprint density at radius 2 is 2.12 bits per heavy atom. The molecule has 0 amide bonds. The molecule has 3 aliphatic carbocycles. The number of hydrogen-bond acceptors (Lipinski definition) is 4. The number of fused-ring (bicyclic) bond motifs is 3. The van der Waals surface area contributed by atoms with E-state index in [1.807, 2.05) is 25.5 Å². The highest BCUT2D eigenvalue weighted by molar-refractivity contribution is 7.89. The second-order valence-corrected chi connectivity index (χ2v) is 9.14. The van der Waals surface area contributed by atoms with Gasteiger partial charge in [0.1, 0.15) is 11.2 Å². The zero-order valence-electron chi connectivity index (χ0n) is 13.4. The lowest BCUT2D eigenvalue weighted by Crippen LogP contribution is -2.78. The Morgan fingerprint density at radius 1 is 1.33 bits per heavy atom. The van der Waals surface area contributed by atoms with Gasteiger partial charge in [-0.15, -0.1) is 0 Å². The number of imidazole rings is 1. The van der Waals surface area contributed by atoms with Gasteiger partial charge in [0.05, 0.1) is 29.3 Å². The maximum absolute atomic E-state index is 12.1. The Bertz CT molecular complexity index is 1040. The summed E-state index contributed by atoms with van der Waals surface area (Å²) in [5.74, 6) is 0.200. The lowest BCUT2D eigenvalue weighted by Gasteiger charge is -2.70. The van der Waals surface area contributed by atoms with Crippen molar-refractivity contribution < 1.29 is 8.42 Å². The van der Waals surface area contributed by atoms with Gasteiger partial charge in [0, 0.05) is 17.1 Å². The van der Waals surface area contributed by atoms with Crippen LogP contribution in [0, 0.1) is 0 Å². The third-order valence-electron chi connectivity index (χ3n) is 5.45. The molecular formula is C16H19N5O2S. The molecule has 0 atom stereocenters. The van der Waals surface area contributed by atoms with Crippen molar-refractivity contribution in [2.75, 3.05) is 5.75 Å². The van der Waals surface area contributed by atoms with Gasteiger partial charge in [-0.05, 0) is 31.7 Å². The normalized spacial score (nSPS) is 28.9. The zero-order valence-corrected chi connectivity index (χ0v) is 14.2. The molecule has 3 fully saturated rings. The van der Waals surface area contributed by atoms with Crippen molar-refractivity contribution in [2.24, 2.45) is 0 Å². The van der Waals surface area contributed by atoms with E-state index in [2.05, 4.69) is 24.2 Å². The van der Waals surface area contributed by atoms with Crippen LogP contribution in [0.4, 0.5) is 0 Å². The molecule has 0 unspecified atom stereocenters. The Hall–Kier alpha value is -1.93. The smallest absolute Gasteiger partial charge is 0.212 e. The number of aromatic nitrogens is 4. The van der Waals surface area contributed by atoms with Gasteiger partial charge >= 0.3 is 0 Å². The summed E-state index contributed by atoms with van der Waals surface area (Å²) in [4.78, 5) is 12.0. The summed E-state index contributed by atoms with van der Waals surface area (Å²) >= 11 is 0. The van der Waals surface area contributed by atoms with Crippen molar-refractivity contribution in [3.8, 4) is 0 Å². The quantitative estimate of drug-likeness (QED) is 0.738. The standard InChI is InChI=1S/C16H19N5O2S/c1-2-5-24(22,23)20-15-7-16(8-15,9-15)21-10-19-12-6-18-14-11(13(12)21)3-4-17-14/h3-4,6,10,20H,2,5,7-9H2,1H3,(H,17,18). The lowest BCUT2D eigenvalue weighted by molar-refractivity contribution is -0.122. The first-order valence-corrected chi connectivity index (χ1v) is 9.93. The second-order valence-electron chi connectivity index (χ2n) is 7.30. The average Bonchev–Trinajstić information content (AvgIpc) is 3.06. The van der Waals surface area contributed by atoms with Crippen LogP contribution in [0.15, 0.2) is 24.8 Å². The first-order valence-electron chi connectivity index (χ1n) is 8.27. The summed E-state index contributed by atoms with van der Waals surface area (Å²) in [6.45, 7) is 1.89. The average molecular weight is 345 g/mol. The van der Waals surface area contributed by atoms with Crippen LogP contribution in [-0.4, -0.2) is 39.2 Å². The number of hydrogen-bond donors (Lipinski definition) is 2. The predicted octanol–water partition coefficient (Wildman–Crippen LogP) is 1.87. The number of sulfonamides is 1. The van der Waals surface area contributed by atoms with Gasteiger partial charge in [0.25, 0.3) is 0 Å². The molecule has 24 heavy (non-hydrogen) atoms. The first-order chi connectivity index (χ1) is 11.5. The van der Waals surface area contributed by atoms with Crippen molar-refractivity contribution in [1.82, 2.24) is 24.2 Å². The fraction of sp³-hybridized carbons (Fsp3) is 0.500. The third-order valence-corrected chi connectivity index (χ3v) is 7.14. The molecule has 2 N–H and O–H groups in total. The molecule has 126 valence electrons. The number of H-pyrrole nitrogens is 1. The van der Waals surface area contributed by atoms with Crippen molar-refractivity contribution in [1.29, 1.82) is 0 Å². The van der Waals surface area contributed by atoms with E-state index < -0.39 is 10.0 Å². The summed E-state index contributed by atoms with van der Waals surface area (Å²) < 4.78 is 29.3. The van der Waals surface area contributed by atoms with E-state index >= 15 is 0 Å². The highest BCUT2D eigenvalue weighted by atomic mass is 32.2. The molecule has 3 aromatic heterocycles. The molecule has 8 heteroatoms. The molecule has 0 aliphatic heterocycles. The molecule has 0 radical (unpaired) electrons. The number of aromatic amines is 1. The van der Waals surface area contributed by atoms with Crippen LogP contribution < -0.4 is 4.72 Å². The van der Waals surface area contributed by atoms with Crippen molar-refractivity contribution >= 4 is 32.1 Å². The Kier molecular flexibility index (Phi) is 2.62. The van der Waals surface area contributed by atoms with Crippen molar-refractivity contribution in [3.63, 3.8) is 0 Å². The van der Waals surface area contributed by atoms with E-state index in [1.165, 1.54) is 0 Å². The number of nitrogens with zero attached hydrogens (tertiary/aromatic N) is 3. The van der Waals surface area contributed by atoms with Crippen LogP contribution in [0.3, 0.4) is 0 Å². The topological polar surface area (TPSA) is 92.7 Å². The van der Waals surface area contributed by atoms with E-state index in [4.69, 9.17) is 0 Å². The van der Waals surface area contributed by atoms with Crippen LogP contribution in [0.1, 0.15) is 32.6 Å².